The molecule has 2 atom stereocenters. The molecular formula is C14H19F3N2O. The monoisotopic (exact) mass is 288 g/mol. The highest BCUT2D eigenvalue weighted by atomic mass is 19.4. The van der Waals surface area contributed by atoms with Crippen molar-refractivity contribution in [1.29, 1.82) is 0 Å². The van der Waals surface area contributed by atoms with E-state index in [0.29, 0.717) is 12.8 Å². The minimum atomic E-state index is -4.39. The van der Waals surface area contributed by atoms with Crippen LogP contribution in [0.4, 0.5) is 13.2 Å². The number of nitrogens with two attached hydrogens (primary N) is 1. The third-order valence-electron chi connectivity index (χ3n) is 3.63. The summed E-state index contributed by atoms with van der Waals surface area (Å²) in [7, 11) is 0. The lowest BCUT2D eigenvalue weighted by atomic mass is 9.96. The molecule has 1 saturated heterocycles. The molecule has 2 unspecified atom stereocenters. The minimum Gasteiger partial charge on any atom is -0.378 e. The van der Waals surface area contributed by atoms with Crippen molar-refractivity contribution in [3.63, 3.8) is 0 Å². The van der Waals surface area contributed by atoms with Crippen LogP contribution >= 0.6 is 0 Å². The highest BCUT2D eigenvalue weighted by Gasteiger charge is 2.34. The molecule has 6 heteroatoms. The highest BCUT2D eigenvalue weighted by molar-refractivity contribution is 5.28. The molecule has 1 aliphatic heterocycles. The minimum absolute atomic E-state index is 0.0656. The number of aromatic nitrogens is 1. The van der Waals surface area contributed by atoms with Crippen molar-refractivity contribution in [3.05, 3.63) is 29.6 Å². The number of rotatable bonds is 4. The molecule has 1 fully saturated rings. The Morgan fingerprint density at radius 2 is 2.20 bits per heavy atom. The van der Waals surface area contributed by atoms with Gasteiger partial charge in [-0.25, -0.2) is 0 Å². The van der Waals surface area contributed by atoms with Crippen molar-refractivity contribution >= 4 is 0 Å². The van der Waals surface area contributed by atoms with Crippen molar-refractivity contribution in [2.24, 2.45) is 5.73 Å². The van der Waals surface area contributed by atoms with Crippen molar-refractivity contribution < 1.29 is 17.9 Å². The van der Waals surface area contributed by atoms with Gasteiger partial charge in [0.25, 0.3) is 0 Å². The molecule has 0 spiro atoms. The van der Waals surface area contributed by atoms with E-state index in [4.69, 9.17) is 10.5 Å². The summed E-state index contributed by atoms with van der Waals surface area (Å²) in [5.41, 5.74) is 5.29. The summed E-state index contributed by atoms with van der Waals surface area (Å²) in [4.78, 5) is 3.76. The predicted molar refractivity (Wildman–Crippen MR) is 69.0 cm³/mol. The first-order valence-corrected chi connectivity index (χ1v) is 6.87. The molecular weight excluding hydrogens is 269 g/mol. The lowest BCUT2D eigenvalue weighted by Gasteiger charge is -2.24. The molecule has 1 aromatic rings. The number of hydrogen-bond donors (Lipinski definition) is 1. The highest BCUT2D eigenvalue weighted by Crippen LogP contribution is 2.34. The van der Waals surface area contributed by atoms with E-state index < -0.39 is 17.8 Å². The molecule has 0 bridgehead atoms. The normalized spacial score (nSPS) is 21.7. The van der Waals surface area contributed by atoms with Gasteiger partial charge >= 0.3 is 6.18 Å². The van der Waals surface area contributed by atoms with Gasteiger partial charge < -0.3 is 10.5 Å². The molecule has 0 radical (unpaired) electrons. The zero-order valence-corrected chi connectivity index (χ0v) is 11.2. The van der Waals surface area contributed by atoms with Gasteiger partial charge in [0, 0.05) is 25.0 Å². The van der Waals surface area contributed by atoms with Crippen LogP contribution in [0.5, 0.6) is 0 Å². The van der Waals surface area contributed by atoms with Crippen LogP contribution in [0.25, 0.3) is 0 Å². The summed E-state index contributed by atoms with van der Waals surface area (Å²) >= 11 is 0. The second-order valence-corrected chi connectivity index (χ2v) is 5.13. The molecule has 2 N–H and O–H groups in total. The van der Waals surface area contributed by atoms with Gasteiger partial charge in [0.05, 0.1) is 11.7 Å². The van der Waals surface area contributed by atoms with Gasteiger partial charge in [-0.3, -0.25) is 4.98 Å². The molecule has 20 heavy (non-hydrogen) atoms. The van der Waals surface area contributed by atoms with Gasteiger partial charge in [0.2, 0.25) is 0 Å². The van der Waals surface area contributed by atoms with Crippen LogP contribution in [0, 0.1) is 0 Å². The van der Waals surface area contributed by atoms with E-state index in [0.717, 1.165) is 38.1 Å². The predicted octanol–water partition coefficient (Wildman–Crippen LogP) is 3.45. The zero-order chi connectivity index (χ0) is 14.6. The summed E-state index contributed by atoms with van der Waals surface area (Å²) in [6.07, 6.45) is 2.39. The Morgan fingerprint density at radius 3 is 2.85 bits per heavy atom. The van der Waals surface area contributed by atoms with Crippen molar-refractivity contribution in [1.82, 2.24) is 4.98 Å². The first kappa shape index (κ1) is 15.3. The second kappa shape index (κ2) is 6.54. The van der Waals surface area contributed by atoms with Crippen LogP contribution < -0.4 is 5.73 Å². The largest absolute Gasteiger partial charge is 0.416 e. The molecule has 112 valence electrons. The molecule has 1 aromatic heterocycles. The first-order valence-electron chi connectivity index (χ1n) is 6.87. The number of nitrogens with zero attached hydrogens (tertiary/aromatic N) is 1. The van der Waals surface area contributed by atoms with E-state index in [1.807, 2.05) is 0 Å². The van der Waals surface area contributed by atoms with Gasteiger partial charge in [0.1, 0.15) is 0 Å². The van der Waals surface area contributed by atoms with Crippen LogP contribution in [0.15, 0.2) is 18.5 Å². The average molecular weight is 288 g/mol. The van der Waals surface area contributed by atoms with Crippen LogP contribution in [-0.2, 0) is 10.9 Å². The molecule has 3 nitrogen and oxygen atoms in total. The average Bonchev–Trinajstić information content (AvgIpc) is 2.45. The van der Waals surface area contributed by atoms with Crippen molar-refractivity contribution in [2.45, 2.75) is 50.4 Å². The molecule has 1 aliphatic rings. The van der Waals surface area contributed by atoms with Gasteiger partial charge in [-0.05, 0) is 43.7 Å². The number of halogens is 3. The molecule has 0 saturated carbocycles. The van der Waals surface area contributed by atoms with Crippen LogP contribution in [-0.4, -0.2) is 17.7 Å². The van der Waals surface area contributed by atoms with Crippen LogP contribution in [0.1, 0.15) is 49.3 Å². The summed E-state index contributed by atoms with van der Waals surface area (Å²) in [6.45, 7) is 0.737. The van der Waals surface area contributed by atoms with E-state index >= 15 is 0 Å². The lowest BCUT2D eigenvalue weighted by Crippen LogP contribution is -2.23. The third-order valence-corrected chi connectivity index (χ3v) is 3.63. The fourth-order valence-corrected chi connectivity index (χ4v) is 2.52. The standard InChI is InChI=1S/C14H19F3N2O/c15-14(16,17)12-6-7-19-9-11(12)13(18)5-4-10-3-1-2-8-20-10/h6-7,9-10,13H,1-5,8,18H2. The van der Waals surface area contributed by atoms with E-state index in [1.54, 1.807) is 0 Å². The van der Waals surface area contributed by atoms with E-state index in [9.17, 15) is 13.2 Å². The maximum absolute atomic E-state index is 12.9. The Labute approximate surface area is 116 Å². The zero-order valence-electron chi connectivity index (χ0n) is 11.2. The van der Waals surface area contributed by atoms with Crippen LogP contribution in [0.2, 0.25) is 0 Å². The van der Waals surface area contributed by atoms with Gasteiger partial charge in [-0.15, -0.1) is 0 Å². The Balaban J connectivity index is 2.00. The number of hydrogen-bond acceptors (Lipinski definition) is 3. The maximum atomic E-state index is 12.9. The molecule has 0 aromatic carbocycles. The fourth-order valence-electron chi connectivity index (χ4n) is 2.52. The third kappa shape index (κ3) is 3.93. The van der Waals surface area contributed by atoms with Gasteiger partial charge in [-0.1, -0.05) is 0 Å². The second-order valence-electron chi connectivity index (χ2n) is 5.13. The van der Waals surface area contributed by atoms with Gasteiger partial charge in [0.15, 0.2) is 0 Å². The molecule has 2 rings (SSSR count). The van der Waals surface area contributed by atoms with Crippen molar-refractivity contribution in [2.75, 3.05) is 6.61 Å². The number of ether oxygens (including phenoxy) is 1. The molecule has 0 amide bonds. The summed E-state index contributed by atoms with van der Waals surface area (Å²) in [6, 6.07) is 0.317. The smallest absolute Gasteiger partial charge is 0.378 e. The van der Waals surface area contributed by atoms with Crippen molar-refractivity contribution in [3.8, 4) is 0 Å². The Bertz CT molecular complexity index is 431. The summed E-state index contributed by atoms with van der Waals surface area (Å²) < 4.78 is 44.3. The Hall–Kier alpha value is -1.14. The first-order chi connectivity index (χ1) is 9.48. The number of alkyl halides is 3. The lowest BCUT2D eigenvalue weighted by molar-refractivity contribution is -0.138. The Kier molecular flexibility index (Phi) is 4.99. The SMILES string of the molecule is NC(CCC1CCCCO1)c1cnccc1C(F)(F)F. The topological polar surface area (TPSA) is 48.1 Å². The quantitative estimate of drug-likeness (QED) is 0.923. The fraction of sp³-hybridized carbons (Fsp3) is 0.643. The van der Waals surface area contributed by atoms with E-state index in [2.05, 4.69) is 4.98 Å². The van der Waals surface area contributed by atoms with Gasteiger partial charge in [-0.2, -0.15) is 13.2 Å². The molecule has 0 aliphatic carbocycles. The molecule has 2 heterocycles. The number of pyridine rings is 1. The summed E-state index contributed by atoms with van der Waals surface area (Å²) in [5.74, 6) is 0. The summed E-state index contributed by atoms with van der Waals surface area (Å²) in [5, 5.41) is 0. The van der Waals surface area contributed by atoms with Crippen LogP contribution in [0.3, 0.4) is 0 Å². The van der Waals surface area contributed by atoms with E-state index in [-0.39, 0.29) is 11.7 Å². The van der Waals surface area contributed by atoms with E-state index in [1.165, 1.54) is 6.20 Å². The maximum Gasteiger partial charge on any atom is 0.416 e. The Morgan fingerprint density at radius 1 is 1.40 bits per heavy atom.